The molecular formula is C22H21N5O3S. The van der Waals surface area contributed by atoms with Gasteiger partial charge in [0.25, 0.3) is 5.56 Å². The van der Waals surface area contributed by atoms with Crippen LogP contribution in [0.25, 0.3) is 10.3 Å². The molecular weight excluding hydrogens is 414 g/mol. The van der Waals surface area contributed by atoms with Gasteiger partial charge in [0.05, 0.1) is 17.6 Å². The number of para-hydroxylation sites is 1. The van der Waals surface area contributed by atoms with Gasteiger partial charge in [-0.05, 0) is 19.9 Å². The molecule has 0 saturated carbocycles. The zero-order chi connectivity index (χ0) is 22.1. The van der Waals surface area contributed by atoms with Gasteiger partial charge in [-0.1, -0.05) is 35.6 Å². The number of benzene rings is 1. The highest BCUT2D eigenvalue weighted by molar-refractivity contribution is 7.22. The number of thiazole rings is 1. The third-order valence-corrected chi connectivity index (χ3v) is 5.73. The van der Waals surface area contributed by atoms with Gasteiger partial charge in [0.2, 0.25) is 5.88 Å². The Bertz CT molecular complexity index is 1300. The van der Waals surface area contributed by atoms with Crippen molar-refractivity contribution in [1.82, 2.24) is 9.97 Å². The summed E-state index contributed by atoms with van der Waals surface area (Å²) in [4.78, 5) is 20.4. The van der Waals surface area contributed by atoms with Gasteiger partial charge < -0.3 is 25.5 Å². The normalized spacial score (nSPS) is 15.4. The first-order chi connectivity index (χ1) is 14.9. The smallest absolute Gasteiger partial charge is 0.257 e. The van der Waals surface area contributed by atoms with Crippen LogP contribution in [0.1, 0.15) is 30.9 Å². The van der Waals surface area contributed by atoms with Crippen LogP contribution in [0, 0.1) is 11.3 Å². The SMILES string of the molecule is C=CCNc1nc2[nH]c(=O)c3c(c2s1)OC(N)=C(C#N)C3c1ccccc1OC(C)C. The number of nitriles is 1. The number of ether oxygens (including phenoxy) is 2. The number of hydrogen-bond acceptors (Lipinski definition) is 8. The summed E-state index contributed by atoms with van der Waals surface area (Å²) in [5.41, 5.74) is 7.27. The molecule has 2 aromatic heterocycles. The van der Waals surface area contributed by atoms with Crippen molar-refractivity contribution in [3.8, 4) is 17.6 Å². The molecule has 0 radical (unpaired) electrons. The Morgan fingerprint density at radius 2 is 2.26 bits per heavy atom. The summed E-state index contributed by atoms with van der Waals surface area (Å²) in [5, 5.41) is 13.6. The number of allylic oxidation sites excluding steroid dienone is 1. The van der Waals surface area contributed by atoms with E-state index in [-0.39, 0.29) is 17.6 Å². The molecule has 0 bridgehead atoms. The van der Waals surface area contributed by atoms with Crippen molar-refractivity contribution in [3.05, 3.63) is 69.9 Å². The average Bonchev–Trinajstić information content (AvgIpc) is 3.14. The highest BCUT2D eigenvalue weighted by Crippen LogP contribution is 2.47. The van der Waals surface area contributed by atoms with Crippen LogP contribution in [0.5, 0.6) is 11.5 Å². The van der Waals surface area contributed by atoms with E-state index in [4.69, 9.17) is 15.2 Å². The first-order valence-electron chi connectivity index (χ1n) is 9.69. The van der Waals surface area contributed by atoms with E-state index in [0.29, 0.717) is 44.6 Å². The lowest BCUT2D eigenvalue weighted by molar-refractivity contribution is 0.239. The van der Waals surface area contributed by atoms with Crippen molar-refractivity contribution in [2.75, 3.05) is 11.9 Å². The Balaban J connectivity index is 1.97. The molecule has 0 saturated heterocycles. The molecule has 158 valence electrons. The van der Waals surface area contributed by atoms with Crippen LogP contribution in [0.4, 0.5) is 5.13 Å². The highest BCUT2D eigenvalue weighted by atomic mass is 32.1. The zero-order valence-electron chi connectivity index (χ0n) is 17.1. The number of H-pyrrole nitrogens is 1. The second kappa shape index (κ2) is 8.16. The molecule has 1 unspecified atom stereocenters. The van der Waals surface area contributed by atoms with Crippen LogP contribution >= 0.6 is 11.3 Å². The number of nitrogens with one attached hydrogen (secondary N) is 2. The van der Waals surface area contributed by atoms with Crippen LogP contribution < -0.4 is 26.1 Å². The number of pyridine rings is 1. The summed E-state index contributed by atoms with van der Waals surface area (Å²) in [6, 6.07) is 9.43. The first kappa shape index (κ1) is 20.5. The van der Waals surface area contributed by atoms with E-state index in [2.05, 4.69) is 27.9 Å². The summed E-state index contributed by atoms with van der Waals surface area (Å²) in [5.74, 6) is 0.112. The van der Waals surface area contributed by atoms with Crippen molar-refractivity contribution < 1.29 is 9.47 Å². The lowest BCUT2D eigenvalue weighted by Crippen LogP contribution is -2.28. The van der Waals surface area contributed by atoms with Crippen molar-refractivity contribution in [3.63, 3.8) is 0 Å². The fourth-order valence-electron chi connectivity index (χ4n) is 3.52. The van der Waals surface area contributed by atoms with Gasteiger partial charge in [0.1, 0.15) is 22.1 Å². The van der Waals surface area contributed by atoms with Gasteiger partial charge in [-0.3, -0.25) is 4.79 Å². The molecule has 31 heavy (non-hydrogen) atoms. The fraction of sp³-hybridized carbons (Fsp3) is 0.227. The standard InChI is InChI=1S/C22H21N5O3S/c1-4-9-25-22-27-20-18(31-22)17-16(21(28)26-20)15(13(10-23)19(24)30-17)12-7-5-6-8-14(12)29-11(2)3/h4-8,11,15H,1,9,24H2,2-3H3,(H2,25,26,27,28). The third kappa shape index (κ3) is 3.62. The van der Waals surface area contributed by atoms with E-state index in [1.807, 2.05) is 38.1 Å². The predicted molar refractivity (Wildman–Crippen MR) is 120 cm³/mol. The number of aromatic amines is 1. The van der Waals surface area contributed by atoms with Crippen LogP contribution in [0.15, 0.2) is 53.2 Å². The number of nitrogens with zero attached hydrogens (tertiary/aromatic N) is 2. The predicted octanol–water partition coefficient (Wildman–Crippen LogP) is 3.59. The molecule has 1 aliphatic rings. The Kier molecular flexibility index (Phi) is 5.40. The van der Waals surface area contributed by atoms with Gasteiger partial charge in [-0.25, -0.2) is 4.98 Å². The molecule has 9 heteroatoms. The molecule has 3 heterocycles. The molecule has 1 aliphatic heterocycles. The van der Waals surface area contributed by atoms with E-state index in [9.17, 15) is 10.1 Å². The van der Waals surface area contributed by atoms with E-state index in [0.717, 1.165) is 0 Å². The maximum absolute atomic E-state index is 13.2. The Morgan fingerprint density at radius 1 is 1.48 bits per heavy atom. The lowest BCUT2D eigenvalue weighted by atomic mass is 9.83. The quantitative estimate of drug-likeness (QED) is 0.505. The van der Waals surface area contributed by atoms with Gasteiger partial charge in [-0.15, -0.1) is 6.58 Å². The molecule has 3 aromatic rings. The van der Waals surface area contributed by atoms with Gasteiger partial charge >= 0.3 is 0 Å². The fourth-order valence-corrected chi connectivity index (χ4v) is 4.44. The number of aromatic nitrogens is 2. The Labute approximate surface area is 182 Å². The minimum atomic E-state index is -0.733. The van der Waals surface area contributed by atoms with E-state index >= 15 is 0 Å². The first-order valence-corrected chi connectivity index (χ1v) is 10.5. The number of anilines is 1. The summed E-state index contributed by atoms with van der Waals surface area (Å²) in [6.45, 7) is 8.03. The summed E-state index contributed by atoms with van der Waals surface area (Å²) >= 11 is 1.33. The maximum atomic E-state index is 13.2. The molecule has 4 rings (SSSR count). The second-order valence-corrected chi connectivity index (χ2v) is 8.19. The number of rotatable bonds is 6. The molecule has 0 amide bonds. The summed E-state index contributed by atoms with van der Waals surface area (Å²) in [6.07, 6.45) is 1.62. The van der Waals surface area contributed by atoms with Crippen molar-refractivity contribution in [1.29, 1.82) is 5.26 Å². The lowest BCUT2D eigenvalue weighted by Gasteiger charge is -2.27. The van der Waals surface area contributed by atoms with Crippen LogP contribution in [-0.2, 0) is 0 Å². The number of nitrogens with two attached hydrogens (primary N) is 1. The molecule has 0 spiro atoms. The number of hydrogen-bond donors (Lipinski definition) is 3. The van der Waals surface area contributed by atoms with Gasteiger partial charge in [0.15, 0.2) is 16.5 Å². The van der Waals surface area contributed by atoms with E-state index in [1.54, 1.807) is 6.08 Å². The van der Waals surface area contributed by atoms with Crippen molar-refractivity contribution >= 4 is 26.8 Å². The Morgan fingerprint density at radius 3 is 2.97 bits per heavy atom. The number of fused-ring (bicyclic) bond motifs is 3. The minimum absolute atomic E-state index is 0.0414. The molecule has 0 fully saturated rings. The molecule has 0 aliphatic carbocycles. The van der Waals surface area contributed by atoms with Crippen LogP contribution in [0.3, 0.4) is 0 Å². The van der Waals surface area contributed by atoms with E-state index < -0.39 is 11.5 Å². The topological polar surface area (TPSA) is 126 Å². The van der Waals surface area contributed by atoms with Crippen molar-refractivity contribution in [2.24, 2.45) is 5.73 Å². The monoisotopic (exact) mass is 435 g/mol. The molecule has 4 N–H and O–H groups in total. The Hall–Kier alpha value is -3.77. The largest absolute Gasteiger partial charge is 0.491 e. The maximum Gasteiger partial charge on any atom is 0.257 e. The summed E-state index contributed by atoms with van der Waals surface area (Å²) in [7, 11) is 0. The second-order valence-electron chi connectivity index (χ2n) is 7.19. The molecule has 1 aromatic carbocycles. The van der Waals surface area contributed by atoms with E-state index in [1.165, 1.54) is 11.3 Å². The zero-order valence-corrected chi connectivity index (χ0v) is 17.9. The van der Waals surface area contributed by atoms with Crippen molar-refractivity contribution in [2.45, 2.75) is 25.9 Å². The average molecular weight is 436 g/mol. The molecule has 8 nitrogen and oxygen atoms in total. The molecule has 1 atom stereocenters. The minimum Gasteiger partial charge on any atom is -0.491 e. The summed E-state index contributed by atoms with van der Waals surface area (Å²) < 4.78 is 12.4. The van der Waals surface area contributed by atoms with Gasteiger partial charge in [0, 0.05) is 12.1 Å². The van der Waals surface area contributed by atoms with Crippen LogP contribution in [-0.4, -0.2) is 22.6 Å². The van der Waals surface area contributed by atoms with Gasteiger partial charge in [-0.2, -0.15) is 5.26 Å². The third-order valence-electron chi connectivity index (χ3n) is 4.72. The highest BCUT2D eigenvalue weighted by Gasteiger charge is 2.37. The van der Waals surface area contributed by atoms with Crippen LogP contribution in [0.2, 0.25) is 0 Å².